The van der Waals surface area contributed by atoms with Crippen LogP contribution in [-0.4, -0.2) is 40.4 Å². The van der Waals surface area contributed by atoms with Gasteiger partial charge in [0.25, 0.3) is 11.1 Å². The Hall–Kier alpha value is -3.43. The number of aromatic nitrogens is 2. The number of thioether (sulfide) groups is 1. The second kappa shape index (κ2) is 9.82. The minimum atomic E-state index is -0.496. The molecule has 0 unspecified atom stereocenters. The molecule has 174 valence electrons. The van der Waals surface area contributed by atoms with Crippen LogP contribution in [0.5, 0.6) is 11.5 Å². The number of fused-ring (bicyclic) bond motifs is 1. The highest BCUT2D eigenvalue weighted by Crippen LogP contribution is 2.36. The maximum atomic E-state index is 12.6. The van der Waals surface area contributed by atoms with Crippen molar-refractivity contribution in [3.05, 3.63) is 77.3 Å². The fraction of sp³-hybridized carbons (Fsp3) is 0.208. The van der Waals surface area contributed by atoms with E-state index in [-0.39, 0.29) is 18.3 Å². The molecule has 0 radical (unpaired) electrons. The molecule has 34 heavy (non-hydrogen) atoms. The van der Waals surface area contributed by atoms with Crippen LogP contribution in [0.3, 0.4) is 0 Å². The van der Waals surface area contributed by atoms with Crippen LogP contribution < -0.4 is 9.47 Å². The van der Waals surface area contributed by atoms with Gasteiger partial charge in [-0.05, 0) is 48.5 Å². The predicted molar refractivity (Wildman–Crippen MR) is 126 cm³/mol. The zero-order valence-corrected chi connectivity index (χ0v) is 19.7. The van der Waals surface area contributed by atoms with E-state index in [1.165, 1.54) is 11.8 Å². The quantitative estimate of drug-likeness (QED) is 0.320. The number of carbonyl (C=O) groups excluding carboxylic acids is 1. The van der Waals surface area contributed by atoms with E-state index in [9.17, 15) is 4.79 Å². The molecule has 5 rings (SSSR count). The summed E-state index contributed by atoms with van der Waals surface area (Å²) in [7, 11) is 1.72. The van der Waals surface area contributed by atoms with Gasteiger partial charge in [0.1, 0.15) is 18.1 Å². The topological polar surface area (TPSA) is 90.8 Å². The van der Waals surface area contributed by atoms with E-state index in [1.807, 2.05) is 48.5 Å². The second-order valence-corrected chi connectivity index (χ2v) is 8.94. The number of para-hydroxylation sites is 2. The molecule has 1 aliphatic heterocycles. The Morgan fingerprint density at radius 2 is 1.85 bits per heavy atom. The molecule has 4 aromatic rings. The lowest BCUT2D eigenvalue weighted by atomic mass is 10.2. The highest BCUT2D eigenvalue weighted by atomic mass is 35.5. The lowest BCUT2D eigenvalue weighted by Gasteiger charge is -2.23. The van der Waals surface area contributed by atoms with Crippen molar-refractivity contribution in [3.63, 3.8) is 0 Å². The van der Waals surface area contributed by atoms with Crippen LogP contribution in [0.1, 0.15) is 17.8 Å². The summed E-state index contributed by atoms with van der Waals surface area (Å²) in [5.41, 5.74) is 0.920. The van der Waals surface area contributed by atoms with Gasteiger partial charge in [0.15, 0.2) is 11.5 Å². The van der Waals surface area contributed by atoms with E-state index in [0.29, 0.717) is 39.9 Å². The van der Waals surface area contributed by atoms with Crippen LogP contribution >= 0.6 is 23.4 Å². The highest BCUT2D eigenvalue weighted by molar-refractivity contribution is 7.99. The molecule has 0 N–H and O–H groups in total. The number of hydrogen-bond acceptors (Lipinski definition) is 8. The van der Waals surface area contributed by atoms with Gasteiger partial charge in [0.05, 0.1) is 12.3 Å². The number of amides is 1. The molecule has 0 saturated carbocycles. The fourth-order valence-electron chi connectivity index (χ4n) is 3.34. The van der Waals surface area contributed by atoms with Crippen molar-refractivity contribution in [2.75, 3.05) is 19.4 Å². The van der Waals surface area contributed by atoms with Crippen molar-refractivity contribution in [1.29, 1.82) is 0 Å². The first kappa shape index (κ1) is 22.4. The zero-order chi connectivity index (χ0) is 23.5. The van der Waals surface area contributed by atoms with E-state index in [4.69, 9.17) is 29.9 Å². The third kappa shape index (κ3) is 5.05. The first-order valence-corrected chi connectivity index (χ1v) is 11.8. The van der Waals surface area contributed by atoms with Crippen LogP contribution in [0.2, 0.25) is 5.02 Å². The van der Waals surface area contributed by atoms with Crippen molar-refractivity contribution in [1.82, 2.24) is 15.1 Å². The first-order valence-electron chi connectivity index (χ1n) is 10.5. The van der Waals surface area contributed by atoms with E-state index in [0.717, 1.165) is 11.3 Å². The summed E-state index contributed by atoms with van der Waals surface area (Å²) >= 11 is 7.11. The van der Waals surface area contributed by atoms with Crippen LogP contribution in [-0.2, 0) is 11.3 Å². The third-order valence-electron chi connectivity index (χ3n) is 5.13. The lowest BCUT2D eigenvalue weighted by molar-refractivity contribution is -0.127. The number of ether oxygens (including phenoxy) is 2. The summed E-state index contributed by atoms with van der Waals surface area (Å²) in [6.07, 6.45) is -0.496. The van der Waals surface area contributed by atoms with Gasteiger partial charge in [-0.2, -0.15) is 0 Å². The lowest BCUT2D eigenvalue weighted by Crippen LogP contribution is -2.27. The average molecular weight is 498 g/mol. The van der Waals surface area contributed by atoms with Crippen LogP contribution in [0, 0.1) is 0 Å². The smallest absolute Gasteiger partial charge is 0.277 e. The van der Waals surface area contributed by atoms with Gasteiger partial charge in [-0.15, -0.1) is 10.2 Å². The molecule has 0 fully saturated rings. The van der Waals surface area contributed by atoms with Crippen LogP contribution in [0.4, 0.5) is 0 Å². The molecular weight excluding hydrogens is 478 g/mol. The zero-order valence-electron chi connectivity index (χ0n) is 18.1. The van der Waals surface area contributed by atoms with E-state index < -0.39 is 6.10 Å². The van der Waals surface area contributed by atoms with Gasteiger partial charge < -0.3 is 23.2 Å². The fourth-order valence-corrected chi connectivity index (χ4v) is 4.17. The molecule has 0 aliphatic carbocycles. The first-order chi connectivity index (χ1) is 16.5. The van der Waals surface area contributed by atoms with E-state index >= 15 is 0 Å². The molecule has 1 amide bonds. The maximum absolute atomic E-state index is 12.6. The SMILES string of the molecule is CN(Cc1ccc(-c2ccc(Cl)cc2)o1)C(=O)CSc1nnc([C@H]2COc3ccccc3O2)o1. The van der Waals surface area contributed by atoms with Crippen molar-refractivity contribution >= 4 is 29.3 Å². The van der Waals surface area contributed by atoms with E-state index in [2.05, 4.69) is 10.2 Å². The summed E-state index contributed by atoms with van der Waals surface area (Å²) in [5, 5.41) is 9.02. The van der Waals surface area contributed by atoms with Crippen molar-refractivity contribution in [2.24, 2.45) is 0 Å². The molecule has 1 atom stereocenters. The van der Waals surface area contributed by atoms with Gasteiger partial charge in [-0.25, -0.2) is 0 Å². The molecule has 8 nitrogen and oxygen atoms in total. The Bertz CT molecular complexity index is 1290. The summed E-state index contributed by atoms with van der Waals surface area (Å²) in [5.74, 6) is 3.06. The molecule has 2 aromatic carbocycles. The number of rotatable bonds is 7. The van der Waals surface area contributed by atoms with Gasteiger partial charge in [0.2, 0.25) is 12.0 Å². The Kier molecular flexibility index (Phi) is 6.46. The van der Waals surface area contributed by atoms with Gasteiger partial charge in [-0.1, -0.05) is 35.5 Å². The summed E-state index contributed by atoms with van der Waals surface area (Å²) in [6.45, 7) is 0.612. The molecule has 10 heteroatoms. The number of furan rings is 1. The number of halogens is 1. The number of carbonyl (C=O) groups is 1. The molecular formula is C24H20ClN3O5S. The standard InChI is InChI=1S/C24H20ClN3O5S/c1-28(12-17-10-11-18(31-17)15-6-8-16(25)9-7-15)22(29)14-34-24-27-26-23(33-24)21-13-30-19-4-2-3-5-20(19)32-21/h2-11,21H,12-14H2,1H3/t21-/m1/s1. The largest absolute Gasteiger partial charge is 0.485 e. The Morgan fingerprint density at radius 1 is 1.06 bits per heavy atom. The average Bonchev–Trinajstić information content (AvgIpc) is 3.52. The van der Waals surface area contributed by atoms with Crippen LogP contribution in [0.25, 0.3) is 11.3 Å². The summed E-state index contributed by atoms with van der Waals surface area (Å²) < 4.78 is 23.1. The number of hydrogen-bond donors (Lipinski definition) is 0. The van der Waals surface area contributed by atoms with Crippen molar-refractivity contribution in [2.45, 2.75) is 17.9 Å². The van der Waals surface area contributed by atoms with E-state index in [1.54, 1.807) is 24.1 Å². The molecule has 1 aliphatic rings. The third-order valence-corrected chi connectivity index (χ3v) is 6.19. The normalized spacial score (nSPS) is 14.7. The summed E-state index contributed by atoms with van der Waals surface area (Å²) in [4.78, 5) is 14.2. The Labute approximate surface area is 204 Å². The minimum Gasteiger partial charge on any atom is -0.485 e. The maximum Gasteiger partial charge on any atom is 0.277 e. The van der Waals surface area contributed by atoms with Crippen LogP contribution in [0.15, 0.2) is 74.7 Å². The monoisotopic (exact) mass is 497 g/mol. The van der Waals surface area contributed by atoms with Crippen molar-refractivity contribution < 1.29 is 23.1 Å². The van der Waals surface area contributed by atoms with Gasteiger partial charge in [-0.3, -0.25) is 4.79 Å². The number of nitrogens with zero attached hydrogens (tertiary/aromatic N) is 3. The Morgan fingerprint density at radius 3 is 2.68 bits per heavy atom. The molecule has 0 bridgehead atoms. The summed E-state index contributed by atoms with van der Waals surface area (Å²) in [6, 6.07) is 18.5. The highest BCUT2D eigenvalue weighted by Gasteiger charge is 2.27. The molecule has 0 saturated heterocycles. The molecule has 2 aromatic heterocycles. The molecule has 0 spiro atoms. The molecule has 3 heterocycles. The Balaban J connectivity index is 1.13. The van der Waals surface area contributed by atoms with Gasteiger partial charge >= 0.3 is 0 Å². The second-order valence-electron chi connectivity index (χ2n) is 7.58. The van der Waals surface area contributed by atoms with Gasteiger partial charge in [0, 0.05) is 17.6 Å². The van der Waals surface area contributed by atoms with Crippen molar-refractivity contribution in [3.8, 4) is 22.8 Å². The predicted octanol–water partition coefficient (Wildman–Crippen LogP) is 5.25. The number of benzene rings is 2. The minimum absolute atomic E-state index is 0.0969.